The van der Waals surface area contributed by atoms with E-state index in [1.165, 1.54) is 50.3 Å². The van der Waals surface area contributed by atoms with E-state index in [0.717, 1.165) is 12.8 Å². The third-order valence-corrected chi connectivity index (χ3v) is 4.15. The van der Waals surface area contributed by atoms with Crippen molar-refractivity contribution >= 4 is 23.2 Å². The molecule has 0 saturated heterocycles. The number of carbonyl (C=O) groups is 1. The number of hydrogen-bond acceptors (Lipinski definition) is 2. The molecule has 1 aliphatic carbocycles. The lowest BCUT2D eigenvalue weighted by Crippen LogP contribution is -2.36. The van der Waals surface area contributed by atoms with Crippen LogP contribution in [0, 0.1) is 5.82 Å². The van der Waals surface area contributed by atoms with Crippen molar-refractivity contribution in [1.82, 2.24) is 5.32 Å². The quantitative estimate of drug-likeness (QED) is 0.878. The zero-order valence-corrected chi connectivity index (χ0v) is 12.9. The maximum absolute atomic E-state index is 13.0. The van der Waals surface area contributed by atoms with Crippen LogP contribution in [0.15, 0.2) is 18.2 Å². The Kier molecular flexibility index (Phi) is 6.46. The van der Waals surface area contributed by atoms with Gasteiger partial charge < -0.3 is 10.6 Å². The molecular weight excluding hydrogens is 291 g/mol. The molecule has 3 nitrogen and oxygen atoms in total. The number of anilines is 1. The van der Waals surface area contributed by atoms with Crippen LogP contribution >= 0.6 is 11.6 Å². The van der Waals surface area contributed by atoms with Crippen molar-refractivity contribution in [3.05, 3.63) is 29.0 Å². The van der Waals surface area contributed by atoms with Crippen molar-refractivity contribution < 1.29 is 9.18 Å². The van der Waals surface area contributed by atoms with Gasteiger partial charge in [-0.1, -0.05) is 43.7 Å². The van der Waals surface area contributed by atoms with E-state index in [4.69, 9.17) is 11.6 Å². The average Bonchev–Trinajstić information content (AvgIpc) is 2.42. The van der Waals surface area contributed by atoms with Crippen LogP contribution < -0.4 is 10.6 Å². The Labute approximate surface area is 130 Å². The molecule has 1 fully saturated rings. The molecule has 0 heterocycles. The molecule has 0 bridgehead atoms. The number of benzene rings is 1. The summed E-state index contributed by atoms with van der Waals surface area (Å²) in [7, 11) is 0. The normalized spacial score (nSPS) is 17.0. The zero-order valence-electron chi connectivity index (χ0n) is 12.1. The highest BCUT2D eigenvalue weighted by Gasteiger charge is 2.12. The summed E-state index contributed by atoms with van der Waals surface area (Å²) >= 11 is 5.69. The van der Waals surface area contributed by atoms with E-state index in [1.807, 2.05) is 0 Å². The van der Waals surface area contributed by atoms with E-state index >= 15 is 0 Å². The zero-order chi connectivity index (χ0) is 15.1. The summed E-state index contributed by atoms with van der Waals surface area (Å²) in [6, 6.07) is 4.60. The first-order chi connectivity index (χ1) is 10.1. The van der Waals surface area contributed by atoms with Crippen molar-refractivity contribution in [2.24, 2.45) is 0 Å². The summed E-state index contributed by atoms with van der Waals surface area (Å²) in [5, 5.41) is 6.06. The Balaban J connectivity index is 1.77. The maximum Gasteiger partial charge on any atom is 0.238 e. The Morgan fingerprint density at radius 1 is 1.19 bits per heavy atom. The fraction of sp³-hybridized carbons (Fsp3) is 0.562. The lowest BCUT2D eigenvalue weighted by molar-refractivity contribution is -0.115. The smallest absolute Gasteiger partial charge is 0.238 e. The molecule has 1 aromatic carbocycles. The lowest BCUT2D eigenvalue weighted by atomic mass is 9.97. The van der Waals surface area contributed by atoms with Gasteiger partial charge in [-0.15, -0.1) is 0 Å². The van der Waals surface area contributed by atoms with Crippen molar-refractivity contribution in [2.75, 3.05) is 11.9 Å². The summed E-state index contributed by atoms with van der Waals surface area (Å²) < 4.78 is 13.0. The van der Waals surface area contributed by atoms with E-state index in [0.29, 0.717) is 11.7 Å². The minimum absolute atomic E-state index is 0.0146. The molecule has 1 amide bonds. The first kappa shape index (κ1) is 16.2. The van der Waals surface area contributed by atoms with E-state index < -0.39 is 5.82 Å². The molecule has 2 rings (SSSR count). The standard InChI is InChI=1S/C16H22ClFN2O/c17-14-10-13(8-9-15(14)18)20-16(21)11-19-12-6-4-2-1-3-5-7-12/h8-10,12,19H,1-7,11H2,(H,20,21). The number of amides is 1. The van der Waals surface area contributed by atoms with Gasteiger partial charge in [-0.25, -0.2) is 4.39 Å². The number of carbonyl (C=O) groups excluding carboxylic acids is 1. The van der Waals surface area contributed by atoms with Crippen LogP contribution in [0.2, 0.25) is 5.02 Å². The van der Waals surface area contributed by atoms with Gasteiger partial charge >= 0.3 is 0 Å². The SMILES string of the molecule is O=C(CNC1CCCCCCC1)Nc1ccc(F)c(Cl)c1. The largest absolute Gasteiger partial charge is 0.325 e. The van der Waals surface area contributed by atoms with Gasteiger partial charge in [0, 0.05) is 11.7 Å². The van der Waals surface area contributed by atoms with Crippen LogP contribution in [0.3, 0.4) is 0 Å². The second-order valence-corrected chi connectivity index (χ2v) is 6.01. The van der Waals surface area contributed by atoms with Gasteiger partial charge in [0.05, 0.1) is 11.6 Å². The Hall–Kier alpha value is -1.13. The van der Waals surface area contributed by atoms with E-state index in [1.54, 1.807) is 0 Å². The molecule has 0 atom stereocenters. The molecule has 21 heavy (non-hydrogen) atoms. The second kappa shape index (κ2) is 8.35. The lowest BCUT2D eigenvalue weighted by Gasteiger charge is -2.20. The van der Waals surface area contributed by atoms with Crippen LogP contribution in [-0.4, -0.2) is 18.5 Å². The number of nitrogens with one attached hydrogen (secondary N) is 2. The predicted molar refractivity (Wildman–Crippen MR) is 84.1 cm³/mol. The van der Waals surface area contributed by atoms with E-state index in [9.17, 15) is 9.18 Å². The predicted octanol–water partition coefficient (Wildman–Crippen LogP) is 4.12. The van der Waals surface area contributed by atoms with Gasteiger partial charge in [-0.3, -0.25) is 4.79 Å². The van der Waals surface area contributed by atoms with E-state index in [2.05, 4.69) is 10.6 Å². The molecule has 1 saturated carbocycles. The van der Waals surface area contributed by atoms with Gasteiger partial charge in [0.2, 0.25) is 5.91 Å². The summed E-state index contributed by atoms with van der Waals surface area (Å²) in [5.74, 6) is -0.609. The van der Waals surface area contributed by atoms with Crippen LogP contribution in [0.1, 0.15) is 44.9 Å². The maximum atomic E-state index is 13.0. The summed E-state index contributed by atoms with van der Waals surface area (Å²) in [5.41, 5.74) is 0.519. The molecule has 0 radical (unpaired) electrons. The number of hydrogen-bond donors (Lipinski definition) is 2. The first-order valence-electron chi connectivity index (χ1n) is 7.63. The van der Waals surface area contributed by atoms with Crippen LogP contribution in [0.5, 0.6) is 0 Å². The Morgan fingerprint density at radius 2 is 1.86 bits per heavy atom. The fourth-order valence-electron chi connectivity index (χ4n) is 2.68. The molecule has 0 spiro atoms. The van der Waals surface area contributed by atoms with Gasteiger partial charge in [0.25, 0.3) is 0 Å². The van der Waals surface area contributed by atoms with Gasteiger partial charge in [-0.05, 0) is 31.0 Å². The highest BCUT2D eigenvalue weighted by Crippen LogP contribution is 2.19. The Bertz CT molecular complexity index is 473. The first-order valence-corrected chi connectivity index (χ1v) is 8.01. The summed E-state index contributed by atoms with van der Waals surface area (Å²) in [6.07, 6.45) is 8.64. The monoisotopic (exact) mass is 312 g/mol. The topological polar surface area (TPSA) is 41.1 Å². The van der Waals surface area contributed by atoms with Crippen LogP contribution in [0.25, 0.3) is 0 Å². The molecule has 1 aliphatic rings. The van der Waals surface area contributed by atoms with Crippen LogP contribution in [0.4, 0.5) is 10.1 Å². The highest BCUT2D eigenvalue weighted by atomic mass is 35.5. The minimum Gasteiger partial charge on any atom is -0.325 e. The minimum atomic E-state index is -0.484. The molecule has 116 valence electrons. The molecule has 1 aromatic rings. The second-order valence-electron chi connectivity index (χ2n) is 5.60. The Morgan fingerprint density at radius 3 is 2.52 bits per heavy atom. The van der Waals surface area contributed by atoms with Gasteiger partial charge in [0.1, 0.15) is 5.82 Å². The summed E-state index contributed by atoms with van der Waals surface area (Å²) in [6.45, 7) is 0.277. The molecule has 0 aromatic heterocycles. The fourth-order valence-corrected chi connectivity index (χ4v) is 2.86. The summed E-state index contributed by atoms with van der Waals surface area (Å²) in [4.78, 5) is 11.9. The third-order valence-electron chi connectivity index (χ3n) is 3.86. The van der Waals surface area contributed by atoms with Crippen molar-refractivity contribution in [3.63, 3.8) is 0 Å². The number of rotatable bonds is 4. The van der Waals surface area contributed by atoms with Crippen molar-refractivity contribution in [1.29, 1.82) is 0 Å². The molecule has 2 N–H and O–H groups in total. The van der Waals surface area contributed by atoms with Gasteiger partial charge in [-0.2, -0.15) is 0 Å². The molecular formula is C16H22ClFN2O. The highest BCUT2D eigenvalue weighted by molar-refractivity contribution is 6.31. The van der Waals surface area contributed by atoms with Gasteiger partial charge in [0.15, 0.2) is 0 Å². The van der Waals surface area contributed by atoms with E-state index in [-0.39, 0.29) is 17.5 Å². The van der Waals surface area contributed by atoms with Crippen LogP contribution in [-0.2, 0) is 4.79 Å². The van der Waals surface area contributed by atoms with Crippen molar-refractivity contribution in [2.45, 2.75) is 51.0 Å². The molecule has 0 aliphatic heterocycles. The number of halogens is 2. The average molecular weight is 313 g/mol. The third kappa shape index (κ3) is 5.64. The molecule has 0 unspecified atom stereocenters. The molecule has 5 heteroatoms. The van der Waals surface area contributed by atoms with Crippen molar-refractivity contribution in [3.8, 4) is 0 Å².